The highest BCUT2D eigenvalue weighted by molar-refractivity contribution is 5.91. The fraction of sp³-hybridized carbons (Fsp3) is 0.136. The molecule has 0 radical (unpaired) electrons. The average Bonchev–Trinajstić information content (AvgIpc) is 2.77. The Bertz CT molecular complexity index is 1100. The molecule has 2 aromatic heterocycles. The molecule has 0 aliphatic heterocycles. The number of fused-ring (bicyclic) bond motifs is 1. The van der Waals surface area contributed by atoms with Crippen molar-refractivity contribution in [3.05, 3.63) is 72.6 Å². The molecule has 2 heterocycles. The van der Waals surface area contributed by atoms with E-state index in [1.807, 2.05) is 48.5 Å². The molecule has 0 saturated heterocycles. The first kappa shape index (κ1) is 17.7. The second-order valence-electron chi connectivity index (χ2n) is 6.07. The van der Waals surface area contributed by atoms with Crippen molar-refractivity contribution in [2.45, 2.75) is 6.61 Å². The van der Waals surface area contributed by atoms with Gasteiger partial charge in [-0.25, -0.2) is 15.0 Å². The Morgan fingerprint density at radius 2 is 1.64 bits per heavy atom. The Hall–Kier alpha value is -3.67. The molecule has 0 spiro atoms. The minimum Gasteiger partial charge on any atom is -0.497 e. The van der Waals surface area contributed by atoms with Gasteiger partial charge in [0.1, 0.15) is 35.1 Å². The van der Waals surface area contributed by atoms with Crippen LogP contribution in [-0.2, 0) is 6.61 Å². The van der Waals surface area contributed by atoms with E-state index < -0.39 is 0 Å². The van der Waals surface area contributed by atoms with Crippen molar-refractivity contribution in [1.82, 2.24) is 15.0 Å². The Kier molecular flexibility index (Phi) is 5.01. The van der Waals surface area contributed by atoms with Crippen molar-refractivity contribution in [2.75, 3.05) is 14.2 Å². The molecule has 0 aliphatic rings. The van der Waals surface area contributed by atoms with E-state index in [2.05, 4.69) is 9.97 Å². The zero-order valence-electron chi connectivity index (χ0n) is 15.6. The zero-order valence-corrected chi connectivity index (χ0v) is 15.6. The van der Waals surface area contributed by atoms with Gasteiger partial charge >= 0.3 is 0 Å². The summed E-state index contributed by atoms with van der Waals surface area (Å²) in [5.74, 6) is 2.75. The number of benzene rings is 2. The van der Waals surface area contributed by atoms with Gasteiger partial charge in [0.25, 0.3) is 0 Å². The van der Waals surface area contributed by atoms with Gasteiger partial charge in [0.2, 0.25) is 0 Å². The number of pyridine rings is 1. The molecule has 4 aromatic rings. The van der Waals surface area contributed by atoms with Crippen LogP contribution in [0.4, 0.5) is 0 Å². The molecule has 0 amide bonds. The zero-order chi connectivity index (χ0) is 19.3. The van der Waals surface area contributed by atoms with Gasteiger partial charge in [0.15, 0.2) is 5.82 Å². The molecule has 4 rings (SSSR count). The van der Waals surface area contributed by atoms with Gasteiger partial charge in [-0.15, -0.1) is 0 Å². The SMILES string of the molecule is COc1cccc(COc2ccc(OC)c3ccc(-c4ncccn4)nc23)c1. The number of hydrogen-bond acceptors (Lipinski definition) is 6. The third-order valence-corrected chi connectivity index (χ3v) is 4.32. The van der Waals surface area contributed by atoms with Gasteiger partial charge in [-0.1, -0.05) is 12.1 Å². The predicted octanol–water partition coefficient (Wildman–Crippen LogP) is 4.29. The van der Waals surface area contributed by atoms with Gasteiger partial charge in [0, 0.05) is 17.8 Å². The number of nitrogens with zero attached hydrogens (tertiary/aromatic N) is 3. The van der Waals surface area contributed by atoms with Crippen LogP contribution in [0.5, 0.6) is 17.2 Å². The van der Waals surface area contributed by atoms with Crippen LogP contribution >= 0.6 is 0 Å². The first-order valence-corrected chi connectivity index (χ1v) is 8.79. The molecule has 6 heteroatoms. The summed E-state index contributed by atoms with van der Waals surface area (Å²) >= 11 is 0. The highest BCUT2D eigenvalue weighted by Crippen LogP contribution is 2.33. The highest BCUT2D eigenvalue weighted by Gasteiger charge is 2.12. The van der Waals surface area contributed by atoms with E-state index in [0.717, 1.165) is 22.4 Å². The molecule has 0 atom stereocenters. The second-order valence-corrected chi connectivity index (χ2v) is 6.07. The van der Waals surface area contributed by atoms with Crippen molar-refractivity contribution in [3.63, 3.8) is 0 Å². The van der Waals surface area contributed by atoms with Crippen LogP contribution in [0.2, 0.25) is 0 Å². The van der Waals surface area contributed by atoms with Crippen LogP contribution in [0.15, 0.2) is 67.0 Å². The molecule has 0 bridgehead atoms. The van der Waals surface area contributed by atoms with Crippen molar-refractivity contribution >= 4 is 10.9 Å². The first-order chi connectivity index (χ1) is 13.8. The summed E-state index contributed by atoms with van der Waals surface area (Å²) in [6, 6.07) is 17.1. The van der Waals surface area contributed by atoms with Crippen LogP contribution < -0.4 is 14.2 Å². The lowest BCUT2D eigenvalue weighted by molar-refractivity contribution is 0.308. The molecular weight excluding hydrogens is 354 g/mol. The maximum atomic E-state index is 6.08. The molecule has 2 aromatic carbocycles. The number of hydrogen-bond donors (Lipinski definition) is 0. The molecular formula is C22H19N3O3. The fourth-order valence-corrected chi connectivity index (χ4v) is 2.94. The average molecular weight is 373 g/mol. The van der Waals surface area contributed by atoms with E-state index in [9.17, 15) is 0 Å². The maximum Gasteiger partial charge on any atom is 0.178 e. The molecule has 0 N–H and O–H groups in total. The van der Waals surface area contributed by atoms with E-state index >= 15 is 0 Å². The van der Waals surface area contributed by atoms with Crippen LogP contribution in [-0.4, -0.2) is 29.2 Å². The minimum absolute atomic E-state index is 0.395. The molecule has 0 saturated carbocycles. The van der Waals surface area contributed by atoms with E-state index in [1.165, 1.54) is 0 Å². The molecule has 140 valence electrons. The van der Waals surface area contributed by atoms with E-state index in [1.54, 1.807) is 32.7 Å². The fourth-order valence-electron chi connectivity index (χ4n) is 2.94. The Morgan fingerprint density at radius 3 is 2.43 bits per heavy atom. The molecule has 0 fully saturated rings. The summed E-state index contributed by atoms with van der Waals surface area (Å²) in [7, 11) is 3.29. The molecule has 0 aliphatic carbocycles. The van der Waals surface area contributed by atoms with Crippen molar-refractivity contribution in [2.24, 2.45) is 0 Å². The first-order valence-electron chi connectivity index (χ1n) is 8.79. The lowest BCUT2D eigenvalue weighted by atomic mass is 10.1. The summed E-state index contributed by atoms with van der Waals surface area (Å²) in [6.07, 6.45) is 3.39. The van der Waals surface area contributed by atoms with Crippen molar-refractivity contribution < 1.29 is 14.2 Å². The molecule has 0 unspecified atom stereocenters. The quantitative estimate of drug-likeness (QED) is 0.502. The highest BCUT2D eigenvalue weighted by atomic mass is 16.5. The van der Waals surface area contributed by atoms with Gasteiger partial charge in [-0.05, 0) is 48.0 Å². The van der Waals surface area contributed by atoms with E-state index in [-0.39, 0.29) is 0 Å². The summed E-state index contributed by atoms with van der Waals surface area (Å²) in [5.41, 5.74) is 2.38. The predicted molar refractivity (Wildman–Crippen MR) is 107 cm³/mol. The lowest BCUT2D eigenvalue weighted by Crippen LogP contribution is -1.99. The van der Waals surface area contributed by atoms with Gasteiger partial charge in [-0.3, -0.25) is 0 Å². The van der Waals surface area contributed by atoms with Crippen LogP contribution in [0, 0.1) is 0 Å². The summed E-state index contributed by atoms with van der Waals surface area (Å²) in [6.45, 7) is 0.395. The minimum atomic E-state index is 0.395. The summed E-state index contributed by atoms with van der Waals surface area (Å²) < 4.78 is 16.8. The topological polar surface area (TPSA) is 66.4 Å². The maximum absolute atomic E-state index is 6.08. The van der Waals surface area contributed by atoms with Gasteiger partial charge in [0.05, 0.1) is 14.2 Å². The van der Waals surface area contributed by atoms with Crippen LogP contribution in [0.25, 0.3) is 22.4 Å². The van der Waals surface area contributed by atoms with Crippen LogP contribution in [0.3, 0.4) is 0 Å². The Morgan fingerprint density at radius 1 is 0.821 bits per heavy atom. The number of rotatable bonds is 6. The van der Waals surface area contributed by atoms with Gasteiger partial charge < -0.3 is 14.2 Å². The molecule has 6 nitrogen and oxygen atoms in total. The third kappa shape index (κ3) is 3.57. The van der Waals surface area contributed by atoms with Gasteiger partial charge in [-0.2, -0.15) is 0 Å². The number of aromatic nitrogens is 3. The normalized spacial score (nSPS) is 10.6. The van der Waals surface area contributed by atoms with E-state index in [0.29, 0.717) is 29.4 Å². The largest absolute Gasteiger partial charge is 0.497 e. The smallest absolute Gasteiger partial charge is 0.178 e. The monoisotopic (exact) mass is 373 g/mol. The third-order valence-electron chi connectivity index (χ3n) is 4.32. The summed E-state index contributed by atoms with van der Waals surface area (Å²) in [4.78, 5) is 13.3. The Labute approximate surface area is 162 Å². The number of ether oxygens (including phenoxy) is 3. The van der Waals surface area contributed by atoms with E-state index in [4.69, 9.17) is 19.2 Å². The second kappa shape index (κ2) is 7.92. The lowest BCUT2D eigenvalue weighted by Gasteiger charge is -2.13. The number of methoxy groups -OCH3 is 2. The summed E-state index contributed by atoms with van der Waals surface area (Å²) in [5, 5.41) is 0.866. The molecule has 28 heavy (non-hydrogen) atoms. The Balaban J connectivity index is 1.72. The standard InChI is InChI=1S/C22H19N3O3/c1-26-16-6-3-5-15(13-16)14-28-20-10-9-19(27-2)17-7-8-18(25-21(17)20)22-23-11-4-12-24-22/h3-13H,14H2,1-2H3. The van der Waals surface area contributed by atoms with Crippen molar-refractivity contribution in [1.29, 1.82) is 0 Å². The van der Waals surface area contributed by atoms with Crippen LogP contribution in [0.1, 0.15) is 5.56 Å². The van der Waals surface area contributed by atoms with Crippen molar-refractivity contribution in [3.8, 4) is 28.8 Å².